The molecule has 168 valence electrons. The molecule has 3 N–H and O–H groups in total. The Morgan fingerprint density at radius 3 is 2.88 bits per heavy atom. The Hall–Kier alpha value is -3.55. The minimum atomic E-state index is -0.135. The molecule has 1 amide bonds. The highest BCUT2D eigenvalue weighted by Crippen LogP contribution is 2.57. The lowest BCUT2D eigenvalue weighted by Gasteiger charge is -2.25. The summed E-state index contributed by atoms with van der Waals surface area (Å²) in [4.78, 5) is 26.2. The minimum Gasteiger partial charge on any atom is -0.381 e. The van der Waals surface area contributed by atoms with Gasteiger partial charge in [-0.2, -0.15) is 5.10 Å². The molecule has 2 fully saturated rings. The fourth-order valence-electron chi connectivity index (χ4n) is 5.10. The number of nitrogens with zero attached hydrogens (tertiary/aromatic N) is 5. The number of nitrogens with one attached hydrogen (secondary N) is 1. The molecule has 8 heteroatoms. The molecule has 2 atom stereocenters. The third-order valence-electron chi connectivity index (χ3n) is 7.31. The van der Waals surface area contributed by atoms with Gasteiger partial charge in [-0.15, -0.1) is 0 Å². The maximum atomic E-state index is 12.4. The molecule has 0 bridgehead atoms. The number of rotatable bonds is 5. The number of fused-ring (bicyclic) bond motifs is 2. The number of aryl methyl sites for hydroxylation is 1. The van der Waals surface area contributed by atoms with Crippen LogP contribution in [-0.2, 0) is 5.41 Å². The number of nitrogens with two attached hydrogens (primary N) is 1. The molecule has 2 saturated carbocycles. The second-order valence-electron chi connectivity index (χ2n) is 9.78. The van der Waals surface area contributed by atoms with Gasteiger partial charge in [-0.1, -0.05) is 6.92 Å². The number of carbonyl (C=O) groups excluding carboxylic acids is 1. The van der Waals surface area contributed by atoms with Crippen LogP contribution in [0.1, 0.15) is 53.2 Å². The van der Waals surface area contributed by atoms with Crippen molar-refractivity contribution < 1.29 is 4.79 Å². The second-order valence-corrected chi connectivity index (χ2v) is 9.78. The van der Waals surface area contributed by atoms with E-state index in [2.05, 4.69) is 46.4 Å². The molecule has 8 nitrogen and oxygen atoms in total. The van der Waals surface area contributed by atoms with E-state index in [1.165, 1.54) is 41.3 Å². The van der Waals surface area contributed by atoms with Gasteiger partial charge in [0.2, 0.25) is 0 Å². The normalized spacial score (nSPS) is 22.9. The number of benzene rings is 1. The molecule has 2 aromatic heterocycles. The van der Waals surface area contributed by atoms with Crippen LogP contribution in [0, 0.1) is 18.8 Å². The zero-order valence-electron chi connectivity index (χ0n) is 18.9. The van der Waals surface area contributed by atoms with Crippen molar-refractivity contribution in [2.45, 2.75) is 38.5 Å². The smallest absolute Gasteiger partial charge is 0.254 e. The van der Waals surface area contributed by atoms with Gasteiger partial charge >= 0.3 is 0 Å². The molecule has 6 rings (SSSR count). The molecule has 1 spiro atoms. The standard InChI is InChI=1S/C25H27N7O/c1-14-5-17(6-18-9-27-13-25(21(14)18)7-15(25)2)20-11-28-22(26)23(31-20)32-12-19(10-30-32)24(33)29-8-16-3-4-16/h5-6,9-12,15-16H,3-4,7-8,13H2,1-2H3,(H2,26,28)(H,29,33). The van der Waals surface area contributed by atoms with E-state index in [1.54, 1.807) is 12.4 Å². The fraction of sp³-hybridized carbons (Fsp3) is 0.400. The number of anilines is 1. The van der Waals surface area contributed by atoms with E-state index in [0.29, 0.717) is 35.5 Å². The van der Waals surface area contributed by atoms with Crippen LogP contribution in [0.5, 0.6) is 0 Å². The summed E-state index contributed by atoms with van der Waals surface area (Å²) in [6, 6.07) is 4.32. The van der Waals surface area contributed by atoms with Crippen molar-refractivity contribution in [2.75, 3.05) is 18.8 Å². The highest BCUT2D eigenvalue weighted by atomic mass is 16.1. The monoisotopic (exact) mass is 441 g/mol. The third kappa shape index (κ3) is 3.41. The number of aromatic nitrogens is 4. The highest BCUT2D eigenvalue weighted by molar-refractivity contribution is 5.93. The SMILES string of the molecule is Cc1cc(-c2cnc(N)c(-n3cc(C(=O)NCC4CC4)cn3)n2)cc2c1C1(CN=C2)CC1C. The van der Waals surface area contributed by atoms with E-state index >= 15 is 0 Å². The lowest BCUT2D eigenvalue weighted by molar-refractivity contribution is 0.0952. The van der Waals surface area contributed by atoms with Gasteiger partial charge in [0.15, 0.2) is 11.6 Å². The topological polar surface area (TPSA) is 111 Å². The van der Waals surface area contributed by atoms with E-state index in [0.717, 1.165) is 17.7 Å². The Bertz CT molecular complexity index is 1310. The summed E-state index contributed by atoms with van der Waals surface area (Å²) in [5.41, 5.74) is 12.3. The quantitative estimate of drug-likeness (QED) is 0.632. The van der Waals surface area contributed by atoms with Crippen molar-refractivity contribution >= 4 is 17.9 Å². The third-order valence-corrected chi connectivity index (χ3v) is 7.31. The van der Waals surface area contributed by atoms with Crippen molar-refractivity contribution in [3.05, 3.63) is 53.0 Å². The number of aliphatic imine (C=N–C) groups is 1. The molecule has 0 saturated heterocycles. The largest absolute Gasteiger partial charge is 0.381 e. The summed E-state index contributed by atoms with van der Waals surface area (Å²) in [7, 11) is 0. The van der Waals surface area contributed by atoms with Crippen molar-refractivity contribution in [3.8, 4) is 17.1 Å². The zero-order valence-corrected chi connectivity index (χ0v) is 18.9. The van der Waals surface area contributed by atoms with Gasteiger partial charge in [0.1, 0.15) is 0 Å². The van der Waals surface area contributed by atoms with Crippen LogP contribution in [0.4, 0.5) is 5.82 Å². The Labute approximate surface area is 192 Å². The molecule has 2 aliphatic carbocycles. The summed E-state index contributed by atoms with van der Waals surface area (Å²) >= 11 is 0. The van der Waals surface area contributed by atoms with Crippen LogP contribution in [0.15, 0.2) is 35.7 Å². The Morgan fingerprint density at radius 1 is 1.30 bits per heavy atom. The van der Waals surface area contributed by atoms with Crippen LogP contribution in [0.2, 0.25) is 0 Å². The van der Waals surface area contributed by atoms with Gasteiger partial charge in [0.25, 0.3) is 5.91 Å². The first-order chi connectivity index (χ1) is 15.9. The van der Waals surface area contributed by atoms with E-state index in [4.69, 9.17) is 10.7 Å². The number of hydrogen-bond acceptors (Lipinski definition) is 6. The predicted octanol–water partition coefficient (Wildman–Crippen LogP) is 3.07. The van der Waals surface area contributed by atoms with Crippen LogP contribution >= 0.6 is 0 Å². The predicted molar refractivity (Wildman–Crippen MR) is 127 cm³/mol. The summed E-state index contributed by atoms with van der Waals surface area (Å²) in [6.45, 7) is 6.06. The zero-order chi connectivity index (χ0) is 22.7. The lowest BCUT2D eigenvalue weighted by Crippen LogP contribution is -2.25. The summed E-state index contributed by atoms with van der Waals surface area (Å²) in [5, 5.41) is 7.28. The summed E-state index contributed by atoms with van der Waals surface area (Å²) < 4.78 is 1.52. The second kappa shape index (κ2) is 7.23. The van der Waals surface area contributed by atoms with Crippen molar-refractivity contribution in [1.29, 1.82) is 0 Å². The number of carbonyl (C=O) groups is 1. The van der Waals surface area contributed by atoms with Gasteiger partial charge in [0, 0.05) is 36.5 Å². The molecular formula is C25H27N7O. The molecule has 3 aliphatic rings. The molecule has 1 aromatic carbocycles. The summed E-state index contributed by atoms with van der Waals surface area (Å²) in [5.74, 6) is 1.81. The van der Waals surface area contributed by atoms with Crippen LogP contribution in [-0.4, -0.2) is 45.0 Å². The van der Waals surface area contributed by atoms with Gasteiger partial charge in [-0.25, -0.2) is 14.6 Å². The highest BCUT2D eigenvalue weighted by Gasteiger charge is 2.54. The minimum absolute atomic E-state index is 0.135. The molecule has 3 aromatic rings. The van der Waals surface area contributed by atoms with Gasteiger partial charge < -0.3 is 11.1 Å². The molecule has 33 heavy (non-hydrogen) atoms. The lowest BCUT2D eigenvalue weighted by atomic mass is 9.83. The Kier molecular flexibility index (Phi) is 4.40. The van der Waals surface area contributed by atoms with E-state index in [1.807, 2.05) is 6.21 Å². The molecular weight excluding hydrogens is 414 g/mol. The average Bonchev–Trinajstić information content (AvgIpc) is 3.68. The van der Waals surface area contributed by atoms with Crippen molar-refractivity contribution in [2.24, 2.45) is 16.8 Å². The average molecular weight is 442 g/mol. The number of hydrogen-bond donors (Lipinski definition) is 2. The number of nitrogen functional groups attached to an aromatic ring is 1. The molecule has 0 radical (unpaired) electrons. The van der Waals surface area contributed by atoms with Crippen LogP contribution in [0.3, 0.4) is 0 Å². The molecule has 1 aliphatic heterocycles. The maximum absolute atomic E-state index is 12.4. The van der Waals surface area contributed by atoms with Gasteiger partial charge in [0.05, 0.1) is 23.7 Å². The first-order valence-electron chi connectivity index (χ1n) is 11.6. The Balaban J connectivity index is 1.32. The first kappa shape index (κ1) is 20.1. The first-order valence-corrected chi connectivity index (χ1v) is 11.6. The van der Waals surface area contributed by atoms with Crippen LogP contribution < -0.4 is 11.1 Å². The van der Waals surface area contributed by atoms with E-state index in [-0.39, 0.29) is 17.1 Å². The van der Waals surface area contributed by atoms with E-state index in [9.17, 15) is 4.79 Å². The van der Waals surface area contributed by atoms with Gasteiger partial charge in [-0.05, 0) is 66.8 Å². The van der Waals surface area contributed by atoms with Crippen LogP contribution in [0.25, 0.3) is 17.1 Å². The molecule has 3 heterocycles. The number of amides is 1. The van der Waals surface area contributed by atoms with Crippen molar-refractivity contribution in [1.82, 2.24) is 25.1 Å². The Morgan fingerprint density at radius 2 is 2.12 bits per heavy atom. The van der Waals surface area contributed by atoms with E-state index < -0.39 is 0 Å². The summed E-state index contributed by atoms with van der Waals surface area (Å²) in [6.07, 6.45) is 10.4. The fourth-order valence-corrected chi connectivity index (χ4v) is 5.10. The molecule has 2 unspecified atom stereocenters. The van der Waals surface area contributed by atoms with Crippen molar-refractivity contribution in [3.63, 3.8) is 0 Å². The maximum Gasteiger partial charge on any atom is 0.254 e. The van der Waals surface area contributed by atoms with Gasteiger partial charge in [-0.3, -0.25) is 9.79 Å².